The summed E-state index contributed by atoms with van der Waals surface area (Å²) in [6, 6.07) is 0. The molecule has 4 nitrogen and oxygen atoms in total. The van der Waals surface area contributed by atoms with Crippen molar-refractivity contribution < 1.29 is 9.59 Å². The number of likely N-dealkylation sites (tertiary alicyclic amines) is 1. The zero-order chi connectivity index (χ0) is 17.2. The largest absolute Gasteiger partial charge is 0.341 e. The summed E-state index contributed by atoms with van der Waals surface area (Å²) in [7, 11) is 0. The van der Waals surface area contributed by atoms with Gasteiger partial charge in [0, 0.05) is 31.8 Å². The first-order valence-corrected chi connectivity index (χ1v) is 10.8. The first-order valence-electron chi connectivity index (χ1n) is 9.39. The number of nitrogens with zero attached hydrogens (tertiary/aromatic N) is 2. The summed E-state index contributed by atoms with van der Waals surface area (Å²) in [4.78, 5) is 28.8. The molecule has 2 amide bonds. The molecule has 1 saturated carbocycles. The molecule has 0 N–H and O–H groups in total. The van der Waals surface area contributed by atoms with Crippen LogP contribution in [0.2, 0.25) is 0 Å². The lowest BCUT2D eigenvalue weighted by Gasteiger charge is -2.44. The highest BCUT2D eigenvalue weighted by molar-refractivity contribution is 8.00. The van der Waals surface area contributed by atoms with Crippen LogP contribution in [-0.2, 0) is 9.59 Å². The third kappa shape index (κ3) is 3.87. The van der Waals surface area contributed by atoms with Crippen molar-refractivity contribution in [3.8, 4) is 0 Å². The van der Waals surface area contributed by atoms with Crippen LogP contribution < -0.4 is 0 Å². The molecule has 2 heterocycles. The highest BCUT2D eigenvalue weighted by Crippen LogP contribution is 2.44. The number of rotatable bonds is 4. The molecule has 136 valence electrons. The highest BCUT2D eigenvalue weighted by Gasteiger charge is 2.46. The topological polar surface area (TPSA) is 40.6 Å². The Bertz CT molecular complexity index is 472. The summed E-state index contributed by atoms with van der Waals surface area (Å²) in [6.07, 6.45) is 8.81. The first-order chi connectivity index (χ1) is 11.5. The second-order valence-corrected chi connectivity index (χ2v) is 9.58. The lowest BCUT2D eigenvalue weighted by atomic mass is 9.98. The Morgan fingerprint density at radius 2 is 1.88 bits per heavy atom. The van der Waals surface area contributed by atoms with Crippen molar-refractivity contribution in [3.63, 3.8) is 0 Å². The fourth-order valence-corrected chi connectivity index (χ4v) is 6.08. The molecule has 2 saturated heterocycles. The Balaban J connectivity index is 1.55. The number of hydrogen-bond donors (Lipinski definition) is 0. The predicted molar refractivity (Wildman–Crippen MR) is 99.2 cm³/mol. The van der Waals surface area contributed by atoms with Crippen molar-refractivity contribution in [2.45, 2.75) is 68.5 Å². The van der Waals surface area contributed by atoms with E-state index in [0.29, 0.717) is 12.3 Å². The molecule has 0 aromatic heterocycles. The molecule has 6 heteroatoms. The van der Waals surface area contributed by atoms with Gasteiger partial charge in [-0.1, -0.05) is 25.7 Å². The maximum atomic E-state index is 12.8. The number of carbonyl (C=O) groups is 2. The van der Waals surface area contributed by atoms with E-state index in [9.17, 15) is 9.59 Å². The molecular weight excluding hydrogens is 344 g/mol. The maximum absolute atomic E-state index is 12.8. The average Bonchev–Trinajstić information content (AvgIpc) is 3.23. The van der Waals surface area contributed by atoms with Crippen molar-refractivity contribution in [2.75, 3.05) is 25.4 Å². The van der Waals surface area contributed by atoms with Gasteiger partial charge in [0.25, 0.3) is 0 Å². The summed E-state index contributed by atoms with van der Waals surface area (Å²) in [5.41, 5.74) is 0. The van der Waals surface area contributed by atoms with Gasteiger partial charge in [-0.25, -0.2) is 0 Å². The Morgan fingerprint density at radius 3 is 2.50 bits per heavy atom. The summed E-state index contributed by atoms with van der Waals surface area (Å²) in [5, 5.41) is -0.459. The van der Waals surface area contributed by atoms with E-state index in [1.54, 1.807) is 6.92 Å². The van der Waals surface area contributed by atoms with E-state index >= 15 is 0 Å². The molecule has 1 spiro atoms. The SMILES string of the molecule is CC(Cl)C(=O)N1CCC2(CC1)SCCN2C(=O)CCC1CCCC1. The number of carbonyl (C=O) groups excluding carboxylic acids is 2. The molecule has 0 bridgehead atoms. The predicted octanol–water partition coefficient (Wildman–Crippen LogP) is 3.48. The van der Waals surface area contributed by atoms with Crippen molar-refractivity contribution >= 4 is 35.2 Å². The fourth-order valence-electron chi connectivity index (χ4n) is 4.46. The molecule has 2 aliphatic heterocycles. The van der Waals surface area contributed by atoms with Crippen LogP contribution in [0.4, 0.5) is 0 Å². The number of piperidine rings is 1. The van der Waals surface area contributed by atoms with Gasteiger partial charge in [-0.2, -0.15) is 0 Å². The molecule has 0 radical (unpaired) electrons. The second kappa shape index (κ2) is 7.86. The summed E-state index contributed by atoms with van der Waals surface area (Å²) >= 11 is 7.85. The third-order valence-corrected chi connectivity index (χ3v) is 7.66. The van der Waals surface area contributed by atoms with E-state index in [2.05, 4.69) is 4.90 Å². The highest BCUT2D eigenvalue weighted by atomic mass is 35.5. The van der Waals surface area contributed by atoms with Crippen LogP contribution in [0.5, 0.6) is 0 Å². The van der Waals surface area contributed by atoms with Crippen molar-refractivity contribution in [3.05, 3.63) is 0 Å². The molecule has 3 fully saturated rings. The molecular formula is C18H29ClN2O2S. The molecule has 0 aromatic rings. The van der Waals surface area contributed by atoms with Gasteiger partial charge < -0.3 is 9.80 Å². The number of halogens is 1. The lowest BCUT2D eigenvalue weighted by Crippen LogP contribution is -2.54. The Hall–Kier alpha value is -0.420. The van der Waals surface area contributed by atoms with E-state index < -0.39 is 5.38 Å². The van der Waals surface area contributed by atoms with Crippen molar-refractivity contribution in [2.24, 2.45) is 5.92 Å². The van der Waals surface area contributed by atoms with E-state index in [0.717, 1.165) is 50.6 Å². The van der Waals surface area contributed by atoms with Crippen LogP contribution in [0.15, 0.2) is 0 Å². The van der Waals surface area contributed by atoms with Crippen molar-refractivity contribution in [1.29, 1.82) is 0 Å². The lowest BCUT2D eigenvalue weighted by molar-refractivity contribution is -0.137. The monoisotopic (exact) mass is 372 g/mol. The number of thioether (sulfide) groups is 1. The molecule has 1 aliphatic carbocycles. The quantitative estimate of drug-likeness (QED) is 0.709. The maximum Gasteiger partial charge on any atom is 0.240 e. The minimum absolute atomic E-state index is 0.0219. The number of amides is 2. The first kappa shape index (κ1) is 18.4. The zero-order valence-electron chi connectivity index (χ0n) is 14.6. The Kier molecular flexibility index (Phi) is 6.02. The van der Waals surface area contributed by atoms with Gasteiger partial charge >= 0.3 is 0 Å². The normalized spacial score (nSPS) is 25.4. The van der Waals surface area contributed by atoms with Crippen molar-refractivity contribution in [1.82, 2.24) is 9.80 Å². The molecule has 3 aliphatic rings. The zero-order valence-corrected chi connectivity index (χ0v) is 16.2. The second-order valence-electron chi connectivity index (χ2n) is 7.47. The Labute approximate surface area is 154 Å². The van der Waals surface area contributed by atoms with E-state index in [1.807, 2.05) is 16.7 Å². The summed E-state index contributed by atoms with van der Waals surface area (Å²) in [6.45, 7) is 4.04. The van der Waals surface area contributed by atoms with Gasteiger partial charge in [-0.3, -0.25) is 9.59 Å². The van der Waals surface area contributed by atoms with Crippen LogP contribution in [0, 0.1) is 5.92 Å². The standard InChI is InChI=1S/C18H29ClN2O2S/c1-14(19)17(23)20-10-8-18(9-11-20)21(12-13-24-18)16(22)7-6-15-4-2-3-5-15/h14-15H,2-13H2,1H3. The van der Waals surface area contributed by atoms with Gasteiger partial charge in [0.2, 0.25) is 11.8 Å². The smallest absolute Gasteiger partial charge is 0.240 e. The van der Waals surface area contributed by atoms with E-state index in [4.69, 9.17) is 11.6 Å². The summed E-state index contributed by atoms with van der Waals surface area (Å²) < 4.78 is 0. The third-order valence-electron chi connectivity index (χ3n) is 5.92. The van der Waals surface area contributed by atoms with Crippen LogP contribution in [-0.4, -0.2) is 57.2 Å². The van der Waals surface area contributed by atoms with Crippen LogP contribution in [0.1, 0.15) is 58.3 Å². The van der Waals surface area contributed by atoms with Crippen LogP contribution >= 0.6 is 23.4 Å². The minimum atomic E-state index is -0.459. The number of hydrogen-bond acceptors (Lipinski definition) is 3. The average molecular weight is 373 g/mol. The van der Waals surface area contributed by atoms with E-state index in [-0.39, 0.29) is 10.8 Å². The fraction of sp³-hybridized carbons (Fsp3) is 0.889. The molecule has 0 aromatic carbocycles. The number of alkyl halides is 1. The van der Waals surface area contributed by atoms with Gasteiger partial charge in [-0.05, 0) is 32.1 Å². The van der Waals surface area contributed by atoms with Gasteiger partial charge in [0.05, 0.1) is 4.87 Å². The minimum Gasteiger partial charge on any atom is -0.341 e. The van der Waals surface area contributed by atoms with Gasteiger partial charge in [-0.15, -0.1) is 23.4 Å². The summed E-state index contributed by atoms with van der Waals surface area (Å²) in [5.74, 6) is 2.14. The van der Waals surface area contributed by atoms with Crippen LogP contribution in [0.3, 0.4) is 0 Å². The molecule has 3 rings (SSSR count). The van der Waals surface area contributed by atoms with Gasteiger partial charge in [0.15, 0.2) is 0 Å². The molecule has 1 atom stereocenters. The van der Waals surface area contributed by atoms with Gasteiger partial charge in [0.1, 0.15) is 5.38 Å². The van der Waals surface area contributed by atoms with Crippen LogP contribution in [0.25, 0.3) is 0 Å². The molecule has 1 unspecified atom stereocenters. The Morgan fingerprint density at radius 1 is 1.21 bits per heavy atom. The van der Waals surface area contributed by atoms with E-state index in [1.165, 1.54) is 25.7 Å². The molecule has 24 heavy (non-hydrogen) atoms.